The van der Waals surface area contributed by atoms with Crippen LogP contribution in [-0.2, 0) is 6.42 Å². The molecule has 0 aromatic heterocycles. The van der Waals surface area contributed by atoms with Gasteiger partial charge in [0.25, 0.3) is 0 Å². The number of benzene rings is 1. The normalized spacial score (nSPS) is 19.7. The molecule has 0 radical (unpaired) electrons. The van der Waals surface area contributed by atoms with E-state index in [2.05, 4.69) is 19.9 Å². The summed E-state index contributed by atoms with van der Waals surface area (Å²) in [6.45, 7) is 4.34. The van der Waals surface area contributed by atoms with Gasteiger partial charge in [-0.25, -0.2) is 0 Å². The van der Waals surface area contributed by atoms with Gasteiger partial charge in [0.05, 0.1) is 13.2 Å². The summed E-state index contributed by atoms with van der Waals surface area (Å²) in [6.07, 6.45) is 2.73. The van der Waals surface area contributed by atoms with Crippen LogP contribution in [0.15, 0.2) is 12.1 Å². The first kappa shape index (κ1) is 11.5. The second-order valence-electron chi connectivity index (χ2n) is 4.86. The molecule has 0 bridgehead atoms. The summed E-state index contributed by atoms with van der Waals surface area (Å²) in [5.41, 5.74) is 3.60. The van der Waals surface area contributed by atoms with Crippen LogP contribution in [0.1, 0.15) is 55.4 Å². The van der Waals surface area contributed by atoms with Crippen molar-refractivity contribution in [3.8, 4) is 5.75 Å². The van der Waals surface area contributed by atoms with Gasteiger partial charge >= 0.3 is 0 Å². The zero-order chi connectivity index (χ0) is 11.7. The molecule has 1 aromatic rings. The molecule has 0 unspecified atom stereocenters. The molecule has 0 saturated carbocycles. The van der Waals surface area contributed by atoms with E-state index in [0.29, 0.717) is 5.92 Å². The van der Waals surface area contributed by atoms with Crippen molar-refractivity contribution in [2.24, 2.45) is 0 Å². The fourth-order valence-corrected chi connectivity index (χ4v) is 2.46. The molecular weight excluding hydrogens is 200 g/mol. The largest absolute Gasteiger partial charge is 0.496 e. The minimum Gasteiger partial charge on any atom is -0.496 e. The second kappa shape index (κ2) is 4.46. The van der Waals surface area contributed by atoms with E-state index >= 15 is 0 Å². The lowest BCUT2D eigenvalue weighted by molar-refractivity contribution is 0.156. The molecule has 0 amide bonds. The van der Waals surface area contributed by atoms with Crippen LogP contribution < -0.4 is 4.74 Å². The molecule has 2 nitrogen and oxygen atoms in total. The lowest BCUT2D eigenvalue weighted by Crippen LogP contribution is -2.10. The lowest BCUT2D eigenvalue weighted by atomic mass is 9.86. The number of aryl methyl sites for hydroxylation is 1. The van der Waals surface area contributed by atoms with Crippen molar-refractivity contribution < 1.29 is 9.84 Å². The monoisotopic (exact) mass is 220 g/mol. The van der Waals surface area contributed by atoms with E-state index in [-0.39, 0.29) is 6.10 Å². The minimum absolute atomic E-state index is 0.307. The fraction of sp³-hybridized carbons (Fsp3) is 0.571. The third-order valence-corrected chi connectivity index (χ3v) is 3.40. The number of aliphatic hydroxyl groups is 1. The molecule has 0 spiro atoms. The summed E-state index contributed by atoms with van der Waals surface area (Å²) in [4.78, 5) is 0. The van der Waals surface area contributed by atoms with Crippen LogP contribution >= 0.6 is 0 Å². The Morgan fingerprint density at radius 1 is 1.38 bits per heavy atom. The van der Waals surface area contributed by atoms with E-state index in [1.165, 1.54) is 11.1 Å². The summed E-state index contributed by atoms with van der Waals surface area (Å²) in [5.74, 6) is 1.37. The SMILES string of the molecule is COc1cc2c(cc1C(C)C)CCC[C@@H]2O. The summed E-state index contributed by atoms with van der Waals surface area (Å²) < 4.78 is 5.41. The number of methoxy groups -OCH3 is 1. The van der Waals surface area contributed by atoms with E-state index in [1.54, 1.807) is 7.11 Å². The summed E-state index contributed by atoms with van der Waals surface area (Å²) in [7, 11) is 1.70. The zero-order valence-electron chi connectivity index (χ0n) is 10.3. The van der Waals surface area contributed by atoms with Crippen LogP contribution in [0.25, 0.3) is 0 Å². The van der Waals surface area contributed by atoms with Crippen molar-refractivity contribution in [1.29, 1.82) is 0 Å². The van der Waals surface area contributed by atoms with Crippen molar-refractivity contribution in [2.75, 3.05) is 7.11 Å². The number of aliphatic hydroxyl groups excluding tert-OH is 1. The molecule has 0 aliphatic heterocycles. The highest BCUT2D eigenvalue weighted by atomic mass is 16.5. The molecule has 0 saturated heterocycles. The maximum absolute atomic E-state index is 9.96. The Balaban J connectivity index is 2.51. The van der Waals surface area contributed by atoms with Gasteiger partial charge in [0.2, 0.25) is 0 Å². The van der Waals surface area contributed by atoms with Crippen molar-refractivity contribution >= 4 is 0 Å². The van der Waals surface area contributed by atoms with Gasteiger partial charge in [0, 0.05) is 0 Å². The Bertz CT molecular complexity index is 367. The molecule has 0 fully saturated rings. The smallest absolute Gasteiger partial charge is 0.122 e. The van der Waals surface area contributed by atoms with Gasteiger partial charge in [-0.3, -0.25) is 0 Å². The molecule has 88 valence electrons. The molecule has 1 aromatic carbocycles. The van der Waals surface area contributed by atoms with Crippen LogP contribution in [0.5, 0.6) is 5.75 Å². The molecule has 0 heterocycles. The standard InChI is InChI=1S/C14H20O2/c1-9(2)11-7-10-5-4-6-13(15)12(10)8-14(11)16-3/h7-9,13,15H,4-6H2,1-3H3/t13-/m0/s1. The Morgan fingerprint density at radius 3 is 2.75 bits per heavy atom. The second-order valence-corrected chi connectivity index (χ2v) is 4.86. The average Bonchev–Trinajstić information content (AvgIpc) is 2.28. The van der Waals surface area contributed by atoms with E-state index in [4.69, 9.17) is 4.74 Å². The highest BCUT2D eigenvalue weighted by Gasteiger charge is 2.21. The Morgan fingerprint density at radius 2 is 2.12 bits per heavy atom. The lowest BCUT2D eigenvalue weighted by Gasteiger charge is -2.24. The Labute approximate surface area is 97.3 Å². The van der Waals surface area contributed by atoms with E-state index in [0.717, 1.165) is 30.6 Å². The highest BCUT2D eigenvalue weighted by Crippen LogP contribution is 2.36. The van der Waals surface area contributed by atoms with Crippen LogP contribution in [-0.4, -0.2) is 12.2 Å². The predicted octanol–water partition coefficient (Wildman–Crippen LogP) is 3.19. The van der Waals surface area contributed by atoms with Gasteiger partial charge in [-0.1, -0.05) is 19.9 Å². The number of ether oxygens (including phenoxy) is 1. The van der Waals surface area contributed by atoms with Gasteiger partial charge in [-0.05, 0) is 47.9 Å². The van der Waals surface area contributed by atoms with Crippen molar-refractivity contribution in [3.63, 3.8) is 0 Å². The topological polar surface area (TPSA) is 29.5 Å². The van der Waals surface area contributed by atoms with Crippen LogP contribution in [0.2, 0.25) is 0 Å². The molecule has 1 atom stereocenters. The Kier molecular flexibility index (Phi) is 3.20. The summed E-state index contributed by atoms with van der Waals surface area (Å²) >= 11 is 0. The fourth-order valence-electron chi connectivity index (χ4n) is 2.46. The molecule has 2 rings (SSSR count). The quantitative estimate of drug-likeness (QED) is 0.829. The average molecular weight is 220 g/mol. The molecule has 2 heteroatoms. The van der Waals surface area contributed by atoms with Gasteiger partial charge < -0.3 is 9.84 Å². The van der Waals surface area contributed by atoms with Crippen molar-refractivity contribution in [3.05, 3.63) is 28.8 Å². The highest BCUT2D eigenvalue weighted by molar-refractivity contribution is 5.46. The van der Waals surface area contributed by atoms with Gasteiger partial charge in [0.1, 0.15) is 5.75 Å². The molecular formula is C14H20O2. The summed E-state index contributed by atoms with van der Waals surface area (Å²) in [6, 6.07) is 4.23. The molecule has 1 aliphatic rings. The van der Waals surface area contributed by atoms with Crippen LogP contribution in [0.4, 0.5) is 0 Å². The number of hydrogen-bond acceptors (Lipinski definition) is 2. The maximum Gasteiger partial charge on any atom is 0.122 e. The van der Waals surface area contributed by atoms with Gasteiger partial charge in [-0.15, -0.1) is 0 Å². The van der Waals surface area contributed by atoms with Gasteiger partial charge in [-0.2, -0.15) is 0 Å². The van der Waals surface area contributed by atoms with Crippen molar-refractivity contribution in [2.45, 2.75) is 45.1 Å². The first-order valence-electron chi connectivity index (χ1n) is 6.02. The van der Waals surface area contributed by atoms with Crippen molar-refractivity contribution in [1.82, 2.24) is 0 Å². The molecule has 1 N–H and O–H groups in total. The first-order chi connectivity index (χ1) is 7.63. The molecule has 1 aliphatic carbocycles. The van der Waals surface area contributed by atoms with Crippen LogP contribution in [0.3, 0.4) is 0 Å². The maximum atomic E-state index is 9.96. The third-order valence-electron chi connectivity index (χ3n) is 3.40. The first-order valence-corrected chi connectivity index (χ1v) is 6.02. The third kappa shape index (κ3) is 1.94. The number of fused-ring (bicyclic) bond motifs is 1. The van der Waals surface area contributed by atoms with E-state index in [1.807, 2.05) is 6.07 Å². The predicted molar refractivity (Wildman–Crippen MR) is 65.0 cm³/mol. The zero-order valence-corrected chi connectivity index (χ0v) is 10.3. The number of rotatable bonds is 2. The summed E-state index contributed by atoms with van der Waals surface area (Å²) in [5, 5.41) is 9.96. The van der Waals surface area contributed by atoms with Gasteiger partial charge in [0.15, 0.2) is 0 Å². The van der Waals surface area contributed by atoms with E-state index < -0.39 is 0 Å². The van der Waals surface area contributed by atoms with Crippen LogP contribution in [0, 0.1) is 0 Å². The molecule has 16 heavy (non-hydrogen) atoms. The van der Waals surface area contributed by atoms with E-state index in [9.17, 15) is 5.11 Å². The minimum atomic E-state index is -0.307. The Hall–Kier alpha value is -1.02. The number of hydrogen-bond donors (Lipinski definition) is 1.